The van der Waals surface area contributed by atoms with Crippen molar-refractivity contribution in [2.24, 2.45) is 5.92 Å². The van der Waals surface area contributed by atoms with Crippen molar-refractivity contribution < 1.29 is 22.7 Å². The lowest BCUT2D eigenvalue weighted by Gasteiger charge is -2.32. The first-order chi connectivity index (χ1) is 11.9. The van der Waals surface area contributed by atoms with Crippen LogP contribution in [0.3, 0.4) is 0 Å². The molecule has 0 N–H and O–H groups in total. The molecule has 3 rings (SSSR count). The lowest BCUT2D eigenvalue weighted by atomic mass is 10.0. The molecule has 0 spiro atoms. The standard InChI is InChI=1S/C17H24N2O5S/c1-13-4-3-7-19(11-13)17(20)12-18(2)25(21,22)14-5-6-15-16(10-14)24-9-8-23-15/h5-6,10,13H,3-4,7-9,11-12H2,1-2H3/t13-/m1/s1. The first kappa shape index (κ1) is 18.0. The number of hydrogen-bond donors (Lipinski definition) is 0. The lowest BCUT2D eigenvalue weighted by molar-refractivity contribution is -0.132. The van der Waals surface area contributed by atoms with Gasteiger partial charge in [0.2, 0.25) is 15.9 Å². The summed E-state index contributed by atoms with van der Waals surface area (Å²) in [6, 6.07) is 4.52. The number of rotatable bonds is 4. The largest absolute Gasteiger partial charge is 0.486 e. The van der Waals surface area contributed by atoms with E-state index in [4.69, 9.17) is 9.47 Å². The predicted molar refractivity (Wildman–Crippen MR) is 92.2 cm³/mol. The molecule has 1 aromatic carbocycles. The highest BCUT2D eigenvalue weighted by Crippen LogP contribution is 2.33. The number of ether oxygens (including phenoxy) is 2. The van der Waals surface area contributed by atoms with E-state index in [2.05, 4.69) is 6.92 Å². The maximum Gasteiger partial charge on any atom is 0.243 e. The van der Waals surface area contributed by atoms with Crippen molar-refractivity contribution in [3.05, 3.63) is 18.2 Å². The van der Waals surface area contributed by atoms with E-state index >= 15 is 0 Å². The highest BCUT2D eigenvalue weighted by Gasteiger charge is 2.28. The number of hydrogen-bond acceptors (Lipinski definition) is 5. The number of piperidine rings is 1. The van der Waals surface area contributed by atoms with E-state index in [1.807, 2.05) is 0 Å². The van der Waals surface area contributed by atoms with Gasteiger partial charge >= 0.3 is 0 Å². The van der Waals surface area contributed by atoms with Gasteiger partial charge in [0.15, 0.2) is 11.5 Å². The average Bonchev–Trinajstić information content (AvgIpc) is 2.61. The van der Waals surface area contributed by atoms with E-state index in [1.54, 1.807) is 11.0 Å². The molecule has 138 valence electrons. The van der Waals surface area contributed by atoms with E-state index < -0.39 is 10.0 Å². The van der Waals surface area contributed by atoms with Crippen LogP contribution in [0.15, 0.2) is 23.1 Å². The number of fused-ring (bicyclic) bond motifs is 1. The molecule has 2 heterocycles. The summed E-state index contributed by atoms with van der Waals surface area (Å²) in [5, 5.41) is 0. The van der Waals surface area contributed by atoms with Crippen LogP contribution in [0.25, 0.3) is 0 Å². The van der Waals surface area contributed by atoms with Gasteiger partial charge in [-0.3, -0.25) is 4.79 Å². The second-order valence-electron chi connectivity index (χ2n) is 6.65. The monoisotopic (exact) mass is 368 g/mol. The van der Waals surface area contributed by atoms with Gasteiger partial charge in [0.1, 0.15) is 13.2 Å². The fraction of sp³-hybridized carbons (Fsp3) is 0.588. The zero-order valence-corrected chi connectivity index (χ0v) is 15.4. The molecule has 1 fully saturated rings. The molecule has 1 atom stereocenters. The van der Waals surface area contributed by atoms with Crippen LogP contribution in [0, 0.1) is 5.92 Å². The van der Waals surface area contributed by atoms with Crippen molar-refractivity contribution in [3.8, 4) is 11.5 Å². The van der Waals surface area contributed by atoms with E-state index in [9.17, 15) is 13.2 Å². The number of carbonyl (C=O) groups excluding carboxylic acids is 1. The number of carbonyl (C=O) groups is 1. The zero-order chi connectivity index (χ0) is 18.0. The number of likely N-dealkylation sites (N-methyl/N-ethyl adjacent to an activating group) is 1. The summed E-state index contributed by atoms with van der Waals surface area (Å²) >= 11 is 0. The van der Waals surface area contributed by atoms with Gasteiger partial charge in [-0.2, -0.15) is 4.31 Å². The summed E-state index contributed by atoms with van der Waals surface area (Å²) in [6.45, 7) is 4.16. The van der Waals surface area contributed by atoms with E-state index in [1.165, 1.54) is 19.2 Å². The Balaban J connectivity index is 1.72. The van der Waals surface area contributed by atoms with Gasteiger partial charge in [-0.1, -0.05) is 6.92 Å². The van der Waals surface area contributed by atoms with Crippen LogP contribution < -0.4 is 9.47 Å². The van der Waals surface area contributed by atoms with Crippen molar-refractivity contribution in [1.82, 2.24) is 9.21 Å². The molecular weight excluding hydrogens is 344 g/mol. The Bertz CT molecular complexity index is 749. The highest BCUT2D eigenvalue weighted by molar-refractivity contribution is 7.89. The lowest BCUT2D eigenvalue weighted by Crippen LogP contribution is -2.45. The van der Waals surface area contributed by atoms with Crippen LogP contribution in [0.5, 0.6) is 11.5 Å². The van der Waals surface area contributed by atoms with Gasteiger partial charge < -0.3 is 14.4 Å². The number of likely N-dealkylation sites (tertiary alicyclic amines) is 1. The molecule has 8 heteroatoms. The Morgan fingerprint density at radius 1 is 1.28 bits per heavy atom. The second kappa shape index (κ2) is 7.21. The SMILES string of the molecule is C[C@@H]1CCCN(C(=O)CN(C)S(=O)(=O)c2ccc3c(c2)OCCO3)C1. The Hall–Kier alpha value is -1.80. The Morgan fingerprint density at radius 3 is 2.72 bits per heavy atom. The van der Waals surface area contributed by atoms with E-state index in [0.29, 0.717) is 43.7 Å². The average molecular weight is 368 g/mol. The van der Waals surface area contributed by atoms with E-state index in [-0.39, 0.29) is 17.3 Å². The number of nitrogens with zero attached hydrogens (tertiary/aromatic N) is 2. The fourth-order valence-corrected chi connectivity index (χ4v) is 4.29. The second-order valence-corrected chi connectivity index (χ2v) is 8.70. The molecule has 2 aliphatic rings. The molecule has 25 heavy (non-hydrogen) atoms. The Morgan fingerprint density at radius 2 is 2.00 bits per heavy atom. The minimum atomic E-state index is -3.77. The minimum Gasteiger partial charge on any atom is -0.486 e. The van der Waals surface area contributed by atoms with Gasteiger partial charge in [0.05, 0.1) is 11.4 Å². The predicted octanol–water partition coefficient (Wildman–Crippen LogP) is 1.34. The molecular formula is C17H24N2O5S. The third kappa shape index (κ3) is 3.90. The van der Waals surface area contributed by atoms with Gasteiger partial charge in [-0.15, -0.1) is 0 Å². The van der Waals surface area contributed by atoms with Crippen LogP contribution in [0.4, 0.5) is 0 Å². The van der Waals surface area contributed by atoms with Crippen LogP contribution >= 0.6 is 0 Å². The summed E-state index contributed by atoms with van der Waals surface area (Å²) in [7, 11) is -2.34. The summed E-state index contributed by atoms with van der Waals surface area (Å²) < 4.78 is 37.5. The third-order valence-corrected chi connectivity index (χ3v) is 6.39. The summed E-state index contributed by atoms with van der Waals surface area (Å²) in [5.74, 6) is 1.25. The summed E-state index contributed by atoms with van der Waals surface area (Å²) in [4.78, 5) is 14.3. The highest BCUT2D eigenvalue weighted by atomic mass is 32.2. The van der Waals surface area contributed by atoms with Gasteiger partial charge in [0, 0.05) is 26.2 Å². The molecule has 0 aliphatic carbocycles. The molecule has 0 aromatic heterocycles. The first-order valence-electron chi connectivity index (χ1n) is 8.51. The molecule has 7 nitrogen and oxygen atoms in total. The molecule has 0 radical (unpaired) electrons. The van der Waals surface area contributed by atoms with Crippen molar-refractivity contribution in [3.63, 3.8) is 0 Å². The van der Waals surface area contributed by atoms with Crippen LogP contribution in [-0.2, 0) is 14.8 Å². The number of benzene rings is 1. The van der Waals surface area contributed by atoms with Crippen molar-refractivity contribution in [2.75, 3.05) is 39.9 Å². The molecule has 1 amide bonds. The molecule has 1 aromatic rings. The Labute approximate surface area is 148 Å². The van der Waals surface area contributed by atoms with Gasteiger partial charge in [0.25, 0.3) is 0 Å². The fourth-order valence-electron chi connectivity index (χ4n) is 3.16. The maximum atomic E-state index is 12.8. The van der Waals surface area contributed by atoms with Crippen LogP contribution in [0.2, 0.25) is 0 Å². The van der Waals surface area contributed by atoms with Gasteiger partial charge in [-0.05, 0) is 30.9 Å². The van der Waals surface area contributed by atoms with Gasteiger partial charge in [-0.25, -0.2) is 8.42 Å². The summed E-state index contributed by atoms with van der Waals surface area (Å²) in [5.41, 5.74) is 0. The summed E-state index contributed by atoms with van der Waals surface area (Å²) in [6.07, 6.45) is 2.07. The normalized spacial score (nSPS) is 20.6. The van der Waals surface area contributed by atoms with Crippen molar-refractivity contribution >= 4 is 15.9 Å². The van der Waals surface area contributed by atoms with Crippen molar-refractivity contribution in [2.45, 2.75) is 24.7 Å². The smallest absolute Gasteiger partial charge is 0.243 e. The number of amides is 1. The minimum absolute atomic E-state index is 0.0964. The first-order valence-corrected chi connectivity index (χ1v) is 9.95. The topological polar surface area (TPSA) is 76.2 Å². The molecule has 0 saturated carbocycles. The quantitative estimate of drug-likeness (QED) is 0.802. The molecule has 2 aliphatic heterocycles. The zero-order valence-electron chi connectivity index (χ0n) is 14.6. The van der Waals surface area contributed by atoms with E-state index in [0.717, 1.165) is 17.1 Å². The van der Waals surface area contributed by atoms with Crippen LogP contribution in [-0.4, -0.2) is 63.4 Å². The molecule has 1 saturated heterocycles. The molecule has 0 unspecified atom stereocenters. The maximum absolute atomic E-state index is 12.8. The Kier molecular flexibility index (Phi) is 5.19. The van der Waals surface area contributed by atoms with Crippen molar-refractivity contribution in [1.29, 1.82) is 0 Å². The molecule has 0 bridgehead atoms. The third-order valence-electron chi connectivity index (χ3n) is 4.59. The number of sulfonamides is 1. The van der Waals surface area contributed by atoms with Crippen LogP contribution in [0.1, 0.15) is 19.8 Å².